The van der Waals surface area contributed by atoms with Gasteiger partial charge >= 0.3 is 0 Å². The monoisotopic (exact) mass is 265 g/mol. The van der Waals surface area contributed by atoms with Gasteiger partial charge < -0.3 is 10.2 Å². The molecular formula is C13H23N5O. The van der Waals surface area contributed by atoms with Crippen molar-refractivity contribution in [2.75, 3.05) is 20.1 Å². The van der Waals surface area contributed by atoms with Crippen molar-refractivity contribution in [3.8, 4) is 0 Å². The van der Waals surface area contributed by atoms with Crippen LogP contribution in [0.1, 0.15) is 37.8 Å². The Morgan fingerprint density at radius 1 is 1.58 bits per heavy atom. The third-order valence-electron chi connectivity index (χ3n) is 3.79. The van der Waals surface area contributed by atoms with E-state index in [0.717, 1.165) is 18.5 Å². The highest BCUT2D eigenvalue weighted by atomic mass is 16.1. The van der Waals surface area contributed by atoms with Gasteiger partial charge in [0.05, 0.1) is 11.9 Å². The molecule has 1 atom stereocenters. The summed E-state index contributed by atoms with van der Waals surface area (Å²) in [5.74, 6) is 0.141. The summed E-state index contributed by atoms with van der Waals surface area (Å²) in [6.45, 7) is 1.80. The number of aromatic nitrogens is 3. The molecule has 6 heteroatoms. The molecule has 0 radical (unpaired) electrons. The van der Waals surface area contributed by atoms with Crippen LogP contribution in [0.2, 0.25) is 0 Å². The Kier molecular flexibility index (Phi) is 5.32. The highest BCUT2D eigenvalue weighted by molar-refractivity contribution is 5.75. The molecule has 6 nitrogen and oxygen atoms in total. The zero-order valence-electron chi connectivity index (χ0n) is 11.6. The predicted molar refractivity (Wildman–Crippen MR) is 72.6 cm³/mol. The highest BCUT2D eigenvalue weighted by Gasteiger charge is 2.19. The van der Waals surface area contributed by atoms with Gasteiger partial charge in [-0.1, -0.05) is 6.42 Å². The minimum absolute atomic E-state index is 0.141. The van der Waals surface area contributed by atoms with Gasteiger partial charge in [-0.15, -0.1) is 0 Å². The van der Waals surface area contributed by atoms with Crippen LogP contribution < -0.4 is 5.32 Å². The number of carbonyl (C=O) groups excluding carboxylic acids is 1. The summed E-state index contributed by atoms with van der Waals surface area (Å²) in [5.41, 5.74) is 0.882. The number of nitrogens with zero attached hydrogens (tertiary/aromatic N) is 3. The maximum Gasteiger partial charge on any atom is 0.220 e. The fourth-order valence-electron chi connectivity index (χ4n) is 2.57. The maximum atomic E-state index is 11.7. The molecule has 1 unspecified atom stereocenters. The molecule has 1 fully saturated rings. The second-order valence-corrected chi connectivity index (χ2v) is 5.23. The molecule has 2 N–H and O–H groups in total. The molecule has 1 saturated heterocycles. The van der Waals surface area contributed by atoms with Crippen LogP contribution in [0.5, 0.6) is 0 Å². The van der Waals surface area contributed by atoms with Crippen molar-refractivity contribution >= 4 is 5.91 Å². The maximum absolute atomic E-state index is 11.7. The first kappa shape index (κ1) is 14.0. The summed E-state index contributed by atoms with van der Waals surface area (Å²) in [6.07, 6.45) is 7.80. The van der Waals surface area contributed by atoms with Gasteiger partial charge in [-0.2, -0.15) is 15.4 Å². The molecular weight excluding hydrogens is 242 g/mol. The lowest BCUT2D eigenvalue weighted by Crippen LogP contribution is -2.37. The molecule has 1 aromatic rings. The number of rotatable bonds is 6. The second kappa shape index (κ2) is 7.23. The Morgan fingerprint density at radius 2 is 2.47 bits per heavy atom. The van der Waals surface area contributed by atoms with Gasteiger partial charge in [0.2, 0.25) is 5.91 Å². The molecule has 2 heterocycles. The first-order valence-corrected chi connectivity index (χ1v) is 7.07. The van der Waals surface area contributed by atoms with Crippen molar-refractivity contribution in [3.05, 3.63) is 11.9 Å². The highest BCUT2D eigenvalue weighted by Crippen LogP contribution is 2.18. The number of nitrogens with one attached hydrogen (secondary N) is 2. The number of H-pyrrole nitrogens is 1. The number of carbonyl (C=O) groups is 1. The lowest BCUT2D eigenvalue weighted by Gasteiger charge is -2.32. The average Bonchev–Trinajstić information content (AvgIpc) is 2.91. The minimum atomic E-state index is 0.141. The molecule has 1 amide bonds. The SMILES string of the molecule is CN1CCCCC1CCC(=O)NCCc1cn[nH]n1. The summed E-state index contributed by atoms with van der Waals surface area (Å²) in [6, 6.07) is 0.579. The molecule has 1 aliphatic heterocycles. The molecule has 0 spiro atoms. The van der Waals surface area contributed by atoms with E-state index >= 15 is 0 Å². The van der Waals surface area contributed by atoms with Crippen molar-refractivity contribution in [3.63, 3.8) is 0 Å². The molecule has 0 aromatic carbocycles. The van der Waals surface area contributed by atoms with Crippen LogP contribution in [0.25, 0.3) is 0 Å². The summed E-state index contributed by atoms with van der Waals surface area (Å²) in [4.78, 5) is 14.1. The number of piperidine rings is 1. The van der Waals surface area contributed by atoms with E-state index in [1.165, 1.54) is 25.8 Å². The summed E-state index contributed by atoms with van der Waals surface area (Å²) in [7, 11) is 2.16. The first-order chi connectivity index (χ1) is 9.25. The van der Waals surface area contributed by atoms with Gasteiger partial charge in [0.25, 0.3) is 0 Å². The van der Waals surface area contributed by atoms with Crippen LogP contribution >= 0.6 is 0 Å². The Balaban J connectivity index is 1.59. The largest absolute Gasteiger partial charge is 0.356 e. The normalized spacial score (nSPS) is 20.4. The molecule has 0 aliphatic carbocycles. The number of hydrogen-bond donors (Lipinski definition) is 2. The van der Waals surface area contributed by atoms with Crippen LogP contribution in [0.4, 0.5) is 0 Å². The van der Waals surface area contributed by atoms with E-state index in [-0.39, 0.29) is 5.91 Å². The fourth-order valence-corrected chi connectivity index (χ4v) is 2.57. The van der Waals surface area contributed by atoms with Gasteiger partial charge in [-0.25, -0.2) is 0 Å². The molecule has 1 aromatic heterocycles. The Morgan fingerprint density at radius 3 is 3.21 bits per heavy atom. The molecule has 0 bridgehead atoms. The van der Waals surface area contributed by atoms with Crippen molar-refractivity contribution in [2.45, 2.75) is 44.6 Å². The van der Waals surface area contributed by atoms with Crippen LogP contribution in [0, 0.1) is 0 Å². The van der Waals surface area contributed by atoms with Gasteiger partial charge in [-0.05, 0) is 32.9 Å². The molecule has 2 rings (SSSR count). The van der Waals surface area contributed by atoms with Crippen LogP contribution in [-0.2, 0) is 11.2 Å². The molecule has 19 heavy (non-hydrogen) atoms. The molecule has 1 aliphatic rings. The quantitative estimate of drug-likeness (QED) is 0.795. The van der Waals surface area contributed by atoms with Crippen molar-refractivity contribution in [1.82, 2.24) is 25.6 Å². The van der Waals surface area contributed by atoms with E-state index < -0.39 is 0 Å². The number of aromatic amines is 1. The lowest BCUT2D eigenvalue weighted by molar-refractivity contribution is -0.121. The fraction of sp³-hybridized carbons (Fsp3) is 0.769. The van der Waals surface area contributed by atoms with Crippen LogP contribution in [-0.4, -0.2) is 52.4 Å². The predicted octanol–water partition coefficient (Wildman–Crippen LogP) is 0.728. The van der Waals surface area contributed by atoms with Gasteiger partial charge in [0.15, 0.2) is 0 Å². The average molecular weight is 265 g/mol. The van der Waals surface area contributed by atoms with E-state index in [9.17, 15) is 4.79 Å². The topological polar surface area (TPSA) is 73.9 Å². The number of likely N-dealkylation sites (tertiary alicyclic amines) is 1. The number of hydrogen-bond acceptors (Lipinski definition) is 4. The van der Waals surface area contributed by atoms with E-state index in [1.54, 1.807) is 6.20 Å². The summed E-state index contributed by atoms with van der Waals surface area (Å²) >= 11 is 0. The standard InChI is InChI=1S/C13H23N5O/c1-18-9-3-2-4-12(18)5-6-13(19)14-8-7-11-10-15-17-16-11/h10,12H,2-9H2,1H3,(H,14,19)(H,15,16,17). The van der Waals surface area contributed by atoms with Crippen molar-refractivity contribution in [1.29, 1.82) is 0 Å². The third-order valence-corrected chi connectivity index (χ3v) is 3.79. The van der Waals surface area contributed by atoms with Gasteiger partial charge in [0, 0.05) is 25.4 Å². The smallest absolute Gasteiger partial charge is 0.220 e. The van der Waals surface area contributed by atoms with Crippen molar-refractivity contribution < 1.29 is 4.79 Å². The van der Waals surface area contributed by atoms with E-state index in [2.05, 4.69) is 32.7 Å². The van der Waals surface area contributed by atoms with Crippen LogP contribution in [0.15, 0.2) is 6.20 Å². The molecule has 0 saturated carbocycles. The lowest BCUT2D eigenvalue weighted by atomic mass is 9.98. The van der Waals surface area contributed by atoms with Crippen LogP contribution in [0.3, 0.4) is 0 Å². The summed E-state index contributed by atoms with van der Waals surface area (Å²) in [5, 5.41) is 13.2. The third kappa shape index (κ3) is 4.63. The number of amides is 1. The van der Waals surface area contributed by atoms with E-state index in [0.29, 0.717) is 19.0 Å². The van der Waals surface area contributed by atoms with E-state index in [4.69, 9.17) is 0 Å². The summed E-state index contributed by atoms with van der Waals surface area (Å²) < 4.78 is 0. The first-order valence-electron chi connectivity index (χ1n) is 7.07. The van der Waals surface area contributed by atoms with Gasteiger partial charge in [0.1, 0.15) is 0 Å². The molecule has 106 valence electrons. The van der Waals surface area contributed by atoms with Crippen molar-refractivity contribution in [2.24, 2.45) is 0 Å². The minimum Gasteiger partial charge on any atom is -0.356 e. The Labute approximate surface area is 113 Å². The van der Waals surface area contributed by atoms with E-state index in [1.807, 2.05) is 0 Å². The zero-order chi connectivity index (χ0) is 13.5. The van der Waals surface area contributed by atoms with Gasteiger partial charge in [-0.3, -0.25) is 4.79 Å². The second-order valence-electron chi connectivity index (χ2n) is 5.23. The Bertz CT molecular complexity index is 378. The Hall–Kier alpha value is -1.43. The zero-order valence-corrected chi connectivity index (χ0v) is 11.6.